The molecule has 2 fully saturated rings. The number of benzene rings is 1. The lowest BCUT2D eigenvalue weighted by atomic mass is 10.1. The van der Waals surface area contributed by atoms with E-state index in [0.29, 0.717) is 0 Å². The minimum Gasteiger partial charge on any atom is -0.497 e. The second-order valence-corrected chi connectivity index (χ2v) is 9.93. The molecule has 1 aromatic carbocycles. The number of ether oxygens (including phenoxy) is 1. The van der Waals surface area contributed by atoms with E-state index in [9.17, 15) is 35.9 Å². The molecule has 2 amide bonds. The number of likely N-dealkylation sites (tertiary alicyclic amines) is 1. The number of anilines is 1. The van der Waals surface area contributed by atoms with Gasteiger partial charge in [-0.05, 0) is 30.7 Å². The molecule has 1 saturated carbocycles. The molecule has 3 heterocycles. The van der Waals surface area contributed by atoms with E-state index in [-0.39, 0.29) is 42.1 Å². The number of nitrogens with zero attached hydrogens (tertiary/aromatic N) is 4. The van der Waals surface area contributed by atoms with Gasteiger partial charge in [-0.2, -0.15) is 18.3 Å². The Morgan fingerprint density at radius 2 is 1.93 bits per heavy atom. The van der Waals surface area contributed by atoms with Gasteiger partial charge in [-0.3, -0.25) is 9.59 Å². The summed E-state index contributed by atoms with van der Waals surface area (Å²) in [6.45, 7) is -0.564. The summed E-state index contributed by atoms with van der Waals surface area (Å²) in [5.41, 5.74) is 4.17. The van der Waals surface area contributed by atoms with Crippen molar-refractivity contribution < 1.29 is 40.7 Å². The van der Waals surface area contributed by atoms with Crippen molar-refractivity contribution in [3.8, 4) is 17.0 Å². The van der Waals surface area contributed by atoms with Gasteiger partial charge in [0.1, 0.15) is 23.8 Å². The highest BCUT2D eigenvalue weighted by Crippen LogP contribution is 2.41. The first-order valence-corrected chi connectivity index (χ1v) is 12.3. The Labute approximate surface area is 223 Å². The third-order valence-corrected chi connectivity index (χ3v) is 7.22. The minimum absolute atomic E-state index is 0.00391. The highest BCUT2D eigenvalue weighted by atomic mass is 19.4. The number of nitrogen functional groups attached to an aromatic ring is 1. The number of hydrogen-bond acceptors (Lipinski definition) is 6. The van der Waals surface area contributed by atoms with Crippen LogP contribution >= 0.6 is 0 Å². The zero-order valence-electron chi connectivity index (χ0n) is 21.0. The fraction of sp³-hybridized carbons (Fsp3) is 0.440. The number of aromatic nitrogens is 3. The largest absolute Gasteiger partial charge is 0.497 e. The number of rotatable bonds is 5. The average Bonchev–Trinajstić information content (AvgIpc) is 3.58. The lowest BCUT2D eigenvalue weighted by Crippen LogP contribution is -2.42. The molecule has 0 radical (unpaired) electrons. The van der Waals surface area contributed by atoms with Crippen LogP contribution in [-0.2, 0) is 11.0 Å². The predicted molar refractivity (Wildman–Crippen MR) is 129 cm³/mol. The Kier molecular flexibility index (Phi) is 6.78. The van der Waals surface area contributed by atoms with Gasteiger partial charge >= 0.3 is 6.18 Å². The summed E-state index contributed by atoms with van der Waals surface area (Å²) in [6, 6.07) is 3.69. The fourth-order valence-corrected chi connectivity index (χ4v) is 5.24. The van der Waals surface area contributed by atoms with E-state index in [1.807, 2.05) is 0 Å². The quantitative estimate of drug-likeness (QED) is 0.452. The van der Waals surface area contributed by atoms with E-state index >= 15 is 0 Å². The topological polar surface area (TPSA) is 115 Å². The number of halogens is 6. The molecule has 15 heteroatoms. The van der Waals surface area contributed by atoms with Crippen LogP contribution in [0.2, 0.25) is 0 Å². The molecule has 3 atom stereocenters. The summed E-state index contributed by atoms with van der Waals surface area (Å²) in [5, 5.41) is 6.39. The monoisotopic (exact) mass is 570 g/mol. The Morgan fingerprint density at radius 1 is 1.18 bits per heavy atom. The molecule has 0 bridgehead atoms. The maximum atomic E-state index is 14.8. The van der Waals surface area contributed by atoms with E-state index in [1.165, 1.54) is 25.3 Å². The summed E-state index contributed by atoms with van der Waals surface area (Å²) in [4.78, 5) is 30.6. The van der Waals surface area contributed by atoms with Crippen LogP contribution in [0.4, 0.5) is 32.2 Å². The lowest BCUT2D eigenvalue weighted by molar-refractivity contribution is -0.136. The first-order valence-electron chi connectivity index (χ1n) is 12.3. The van der Waals surface area contributed by atoms with Crippen molar-refractivity contribution in [2.24, 2.45) is 5.92 Å². The van der Waals surface area contributed by atoms with E-state index in [2.05, 4.69) is 15.4 Å². The molecule has 3 N–H and O–H groups in total. The first kappa shape index (κ1) is 27.5. The normalized spacial score (nSPS) is 22.6. The van der Waals surface area contributed by atoms with Gasteiger partial charge in [0.25, 0.3) is 5.91 Å². The van der Waals surface area contributed by atoms with E-state index in [0.717, 1.165) is 21.8 Å². The third kappa shape index (κ3) is 5.11. The van der Waals surface area contributed by atoms with Gasteiger partial charge in [-0.25, -0.2) is 22.7 Å². The Balaban J connectivity index is 1.40. The molecule has 1 aliphatic heterocycles. The van der Waals surface area contributed by atoms with E-state index < -0.39 is 71.8 Å². The van der Waals surface area contributed by atoms with Crippen LogP contribution < -0.4 is 15.8 Å². The fourth-order valence-electron chi connectivity index (χ4n) is 5.24. The lowest BCUT2D eigenvalue weighted by Gasteiger charge is -2.20. The molecular formula is C25H24F6N6O3. The predicted octanol–water partition coefficient (Wildman–Crippen LogP) is 3.72. The molecule has 1 aliphatic carbocycles. The number of hydrogen-bond donors (Lipinski definition) is 2. The van der Waals surface area contributed by atoms with Crippen molar-refractivity contribution in [1.29, 1.82) is 0 Å². The highest BCUT2D eigenvalue weighted by Gasteiger charge is 2.46. The van der Waals surface area contributed by atoms with Crippen LogP contribution in [0.3, 0.4) is 0 Å². The minimum atomic E-state index is -4.78. The van der Waals surface area contributed by atoms with Crippen molar-refractivity contribution in [3.05, 3.63) is 41.7 Å². The van der Waals surface area contributed by atoms with Gasteiger partial charge in [0.2, 0.25) is 11.8 Å². The smallest absolute Gasteiger partial charge is 0.418 e. The van der Waals surface area contributed by atoms with Gasteiger partial charge in [0.15, 0.2) is 5.82 Å². The van der Waals surface area contributed by atoms with Crippen LogP contribution in [0.15, 0.2) is 30.6 Å². The van der Waals surface area contributed by atoms with Crippen molar-refractivity contribution in [3.63, 3.8) is 0 Å². The summed E-state index contributed by atoms with van der Waals surface area (Å²) in [6.07, 6.45) is -6.44. The second-order valence-electron chi connectivity index (χ2n) is 9.93. The highest BCUT2D eigenvalue weighted by molar-refractivity contribution is 5.96. The summed E-state index contributed by atoms with van der Waals surface area (Å²) in [7, 11) is 1.29. The Bertz CT molecular complexity index is 1480. The molecule has 2 aliphatic rings. The Morgan fingerprint density at radius 3 is 2.58 bits per heavy atom. The van der Waals surface area contributed by atoms with Crippen LogP contribution in [0.5, 0.6) is 5.75 Å². The molecular weight excluding hydrogens is 546 g/mol. The van der Waals surface area contributed by atoms with Gasteiger partial charge in [0, 0.05) is 36.4 Å². The van der Waals surface area contributed by atoms with Crippen LogP contribution in [0.25, 0.3) is 16.8 Å². The average molecular weight is 570 g/mol. The van der Waals surface area contributed by atoms with E-state index in [1.54, 1.807) is 0 Å². The van der Waals surface area contributed by atoms with Crippen LogP contribution in [0.1, 0.15) is 35.2 Å². The van der Waals surface area contributed by atoms with Crippen molar-refractivity contribution in [1.82, 2.24) is 24.8 Å². The van der Waals surface area contributed by atoms with Gasteiger partial charge < -0.3 is 20.7 Å². The third-order valence-electron chi connectivity index (χ3n) is 7.22. The van der Waals surface area contributed by atoms with E-state index in [4.69, 9.17) is 10.5 Å². The zero-order chi connectivity index (χ0) is 29.0. The number of carbonyl (C=O) groups excluding carboxylic acids is 2. The second kappa shape index (κ2) is 9.86. The standard InChI is InChI=1S/C25H24F6N6O3/c1-40-15-5-13(19-7-16(25(29,30)31)20-21(32)33-11-34-37(19)20)4-14(6-15)22(38)35-18-10-36(9-17(18)26)23(39)12-2-3-24(27,28)8-12/h4-7,11-12,17-18H,2-3,8-10H2,1H3,(H,35,38)(H2,32,33,34)/t12?,17-,18+/m0/s1. The summed E-state index contributed by atoms with van der Waals surface area (Å²) >= 11 is 0. The molecule has 0 spiro atoms. The molecule has 1 unspecified atom stereocenters. The summed E-state index contributed by atoms with van der Waals surface area (Å²) in [5.74, 6) is -5.48. The maximum absolute atomic E-state index is 14.8. The van der Waals surface area contributed by atoms with Gasteiger partial charge in [-0.1, -0.05) is 0 Å². The van der Waals surface area contributed by atoms with Gasteiger partial charge in [0.05, 0.1) is 31.0 Å². The SMILES string of the molecule is COc1cc(C(=O)N[C@@H]2CN(C(=O)C3CCC(F)(F)C3)C[C@@H]2F)cc(-c2cc(C(F)(F)F)c3c(N)ncnn23)c1. The molecule has 1 saturated heterocycles. The number of fused-ring (bicyclic) bond motifs is 1. The molecule has 9 nitrogen and oxygen atoms in total. The number of methoxy groups -OCH3 is 1. The number of alkyl halides is 6. The molecule has 40 heavy (non-hydrogen) atoms. The molecule has 3 aromatic rings. The number of nitrogens with one attached hydrogen (secondary N) is 1. The number of carbonyl (C=O) groups is 2. The van der Waals surface area contributed by atoms with Crippen LogP contribution in [-0.4, -0.2) is 69.6 Å². The van der Waals surface area contributed by atoms with Crippen molar-refractivity contribution >= 4 is 23.1 Å². The maximum Gasteiger partial charge on any atom is 0.418 e. The molecule has 214 valence electrons. The van der Waals surface area contributed by atoms with Crippen LogP contribution in [0, 0.1) is 5.92 Å². The van der Waals surface area contributed by atoms with Crippen molar-refractivity contribution in [2.75, 3.05) is 25.9 Å². The van der Waals surface area contributed by atoms with Gasteiger partial charge in [-0.15, -0.1) is 0 Å². The zero-order valence-corrected chi connectivity index (χ0v) is 21.0. The number of nitrogens with two attached hydrogens (primary N) is 1. The number of amides is 2. The molecule has 5 rings (SSSR count). The Hall–Kier alpha value is -4.04. The molecule has 2 aromatic heterocycles. The van der Waals surface area contributed by atoms with Crippen molar-refractivity contribution in [2.45, 2.75) is 43.6 Å². The summed E-state index contributed by atoms with van der Waals surface area (Å²) < 4.78 is 89.4. The first-order chi connectivity index (χ1) is 18.8.